The van der Waals surface area contributed by atoms with E-state index < -0.39 is 0 Å². The molecule has 1 nitrogen and oxygen atoms in total. The number of hydrogen-bond acceptors (Lipinski definition) is 0. The Morgan fingerprint density at radius 3 is 1.57 bits per heavy atom. The summed E-state index contributed by atoms with van der Waals surface area (Å²) in [5.41, 5.74) is 0. The van der Waals surface area contributed by atoms with Gasteiger partial charge in [-0.1, -0.05) is 13.8 Å². The zero-order valence-corrected chi connectivity index (χ0v) is 11.5. The van der Waals surface area contributed by atoms with Gasteiger partial charge in [-0.2, -0.15) is 0 Å². The van der Waals surface area contributed by atoms with E-state index >= 15 is 0 Å². The zero-order chi connectivity index (χ0) is 9.57. The van der Waals surface area contributed by atoms with Crippen molar-refractivity contribution in [1.29, 1.82) is 0 Å². The highest BCUT2D eigenvalue weighted by Gasteiger charge is 2.26. The smallest absolute Gasteiger partial charge is 0.0786 e. The van der Waals surface area contributed by atoms with E-state index in [0.29, 0.717) is 0 Å². The van der Waals surface area contributed by atoms with Gasteiger partial charge in [0.1, 0.15) is 0 Å². The second kappa shape index (κ2) is 7.70. The van der Waals surface area contributed by atoms with Crippen LogP contribution in [-0.4, -0.2) is 30.7 Å². The Kier molecular flexibility index (Phi) is 7.94. The second-order valence-corrected chi connectivity index (χ2v) is 4.65. The van der Waals surface area contributed by atoms with Crippen molar-refractivity contribution in [2.24, 2.45) is 0 Å². The number of quaternary nitrogens is 1. The van der Waals surface area contributed by atoms with Crippen molar-refractivity contribution in [3.63, 3.8) is 0 Å². The van der Waals surface area contributed by atoms with Gasteiger partial charge in [-0.15, -0.1) is 0 Å². The first kappa shape index (κ1) is 14.4. The van der Waals surface area contributed by atoms with Gasteiger partial charge in [0, 0.05) is 0 Å². The molecule has 0 radical (unpaired) electrons. The fourth-order valence-electron chi connectivity index (χ4n) is 2.87. The molecule has 0 N–H and O–H groups in total. The number of nitrogens with zero attached hydrogens (tertiary/aromatic N) is 1. The molecule has 86 valence electrons. The van der Waals surface area contributed by atoms with Gasteiger partial charge in [0.05, 0.1) is 26.2 Å². The van der Waals surface area contributed by atoms with Crippen molar-refractivity contribution in [2.75, 3.05) is 26.2 Å². The second-order valence-electron chi connectivity index (χ2n) is 4.65. The lowest BCUT2D eigenvalue weighted by atomic mass is 10.2. The molecule has 1 aliphatic rings. The highest BCUT2D eigenvalue weighted by Crippen LogP contribution is 2.19. The molecular formula is C12H26BrN. The molecule has 1 aliphatic heterocycles. The molecule has 0 aromatic rings. The first-order valence-corrected chi connectivity index (χ1v) is 6.18. The lowest BCUT2D eigenvalue weighted by Gasteiger charge is -2.37. The van der Waals surface area contributed by atoms with Gasteiger partial charge in [0.15, 0.2) is 0 Å². The molecule has 14 heavy (non-hydrogen) atoms. The molecule has 1 heterocycles. The van der Waals surface area contributed by atoms with Crippen LogP contribution in [0.5, 0.6) is 0 Å². The van der Waals surface area contributed by atoms with E-state index in [2.05, 4.69) is 13.8 Å². The first-order valence-electron chi connectivity index (χ1n) is 6.18. The zero-order valence-electron chi connectivity index (χ0n) is 9.90. The lowest BCUT2D eigenvalue weighted by Crippen LogP contribution is -3.00. The summed E-state index contributed by atoms with van der Waals surface area (Å²) in [7, 11) is 0. The van der Waals surface area contributed by atoms with Crippen LogP contribution in [0.2, 0.25) is 0 Å². The Hall–Kier alpha value is 0.440. The number of likely N-dealkylation sites (tertiary alicyclic amines) is 1. The third-order valence-electron chi connectivity index (χ3n) is 3.41. The van der Waals surface area contributed by atoms with E-state index in [9.17, 15) is 0 Å². The minimum Gasteiger partial charge on any atom is -1.00 e. The van der Waals surface area contributed by atoms with Crippen LogP contribution in [0.3, 0.4) is 0 Å². The maximum absolute atomic E-state index is 2.33. The molecule has 0 bridgehead atoms. The summed E-state index contributed by atoms with van der Waals surface area (Å²) in [5.74, 6) is 0. The van der Waals surface area contributed by atoms with Gasteiger partial charge in [-0.05, 0) is 38.5 Å². The van der Waals surface area contributed by atoms with Crippen molar-refractivity contribution < 1.29 is 21.5 Å². The van der Waals surface area contributed by atoms with Crippen LogP contribution in [0.4, 0.5) is 0 Å². The van der Waals surface area contributed by atoms with Crippen molar-refractivity contribution in [3.8, 4) is 0 Å². The predicted octanol–water partition coefficient (Wildman–Crippen LogP) is 0.201. The minimum atomic E-state index is 0. The highest BCUT2D eigenvalue weighted by atomic mass is 79.9. The molecule has 0 atom stereocenters. The number of halogens is 1. The summed E-state index contributed by atoms with van der Waals surface area (Å²) in [5, 5.41) is 0. The third-order valence-corrected chi connectivity index (χ3v) is 3.41. The highest BCUT2D eigenvalue weighted by molar-refractivity contribution is 4.53. The van der Waals surface area contributed by atoms with Crippen LogP contribution >= 0.6 is 0 Å². The maximum Gasteiger partial charge on any atom is 0.0786 e. The van der Waals surface area contributed by atoms with E-state index in [4.69, 9.17) is 0 Å². The van der Waals surface area contributed by atoms with Gasteiger partial charge in [0.2, 0.25) is 0 Å². The Labute approximate surface area is 100 Å². The molecule has 0 aromatic heterocycles. The number of rotatable bonds is 4. The number of hydrogen-bond donors (Lipinski definition) is 0. The molecule has 0 aliphatic carbocycles. The average Bonchev–Trinajstić information content (AvgIpc) is 2.32. The van der Waals surface area contributed by atoms with Crippen LogP contribution in [0.25, 0.3) is 0 Å². The van der Waals surface area contributed by atoms with Crippen molar-refractivity contribution >= 4 is 0 Å². The van der Waals surface area contributed by atoms with Crippen LogP contribution in [0.1, 0.15) is 52.4 Å². The van der Waals surface area contributed by atoms with Crippen LogP contribution in [-0.2, 0) is 0 Å². The summed E-state index contributed by atoms with van der Waals surface area (Å²) in [6, 6.07) is 0. The molecule has 2 heteroatoms. The van der Waals surface area contributed by atoms with Crippen LogP contribution < -0.4 is 17.0 Å². The van der Waals surface area contributed by atoms with E-state index in [-0.39, 0.29) is 17.0 Å². The van der Waals surface area contributed by atoms with E-state index in [1.807, 2.05) is 0 Å². The Balaban J connectivity index is 0.00000169. The van der Waals surface area contributed by atoms with Crippen LogP contribution in [0, 0.1) is 0 Å². The van der Waals surface area contributed by atoms with Crippen LogP contribution in [0.15, 0.2) is 0 Å². The molecule has 0 unspecified atom stereocenters. The predicted molar refractivity (Wildman–Crippen MR) is 58.8 cm³/mol. The summed E-state index contributed by atoms with van der Waals surface area (Å²) >= 11 is 0. The van der Waals surface area contributed by atoms with Gasteiger partial charge < -0.3 is 21.5 Å². The molecule has 1 fully saturated rings. The van der Waals surface area contributed by atoms with Gasteiger partial charge in [-0.25, -0.2) is 0 Å². The first-order chi connectivity index (χ1) is 6.33. The summed E-state index contributed by atoms with van der Waals surface area (Å²) in [4.78, 5) is 0. The van der Waals surface area contributed by atoms with Gasteiger partial charge >= 0.3 is 0 Å². The fraction of sp³-hybridized carbons (Fsp3) is 1.00. The van der Waals surface area contributed by atoms with E-state index in [1.54, 1.807) is 0 Å². The summed E-state index contributed by atoms with van der Waals surface area (Å²) in [6.07, 6.45) is 8.63. The van der Waals surface area contributed by atoms with Crippen molar-refractivity contribution in [2.45, 2.75) is 52.4 Å². The van der Waals surface area contributed by atoms with E-state index in [0.717, 1.165) is 0 Å². The largest absolute Gasteiger partial charge is 1.00 e. The Morgan fingerprint density at radius 2 is 1.21 bits per heavy atom. The average molecular weight is 264 g/mol. The monoisotopic (exact) mass is 263 g/mol. The quantitative estimate of drug-likeness (QED) is 0.636. The molecule has 0 saturated carbocycles. The van der Waals surface area contributed by atoms with Gasteiger partial charge in [-0.3, -0.25) is 0 Å². The van der Waals surface area contributed by atoms with Gasteiger partial charge in [0.25, 0.3) is 0 Å². The molecule has 1 rings (SSSR count). The summed E-state index contributed by atoms with van der Waals surface area (Å²) in [6.45, 7) is 10.4. The standard InChI is InChI=1S/C12H26N.BrH/c1-3-9-13(10-4-2)11-7-5-6-8-12-13;/h3-12H2,1-2H3;1H/q+1;/p-1. The topological polar surface area (TPSA) is 0 Å². The molecule has 0 spiro atoms. The van der Waals surface area contributed by atoms with Crippen molar-refractivity contribution in [1.82, 2.24) is 0 Å². The molecule has 0 aromatic carbocycles. The lowest BCUT2D eigenvalue weighted by molar-refractivity contribution is -0.927. The fourth-order valence-corrected chi connectivity index (χ4v) is 2.87. The normalized spacial score (nSPS) is 21.0. The van der Waals surface area contributed by atoms with Crippen molar-refractivity contribution in [3.05, 3.63) is 0 Å². The SMILES string of the molecule is CCC[N+]1(CCC)CCCCCC1.[Br-]. The summed E-state index contributed by atoms with van der Waals surface area (Å²) < 4.78 is 1.44. The Bertz CT molecular complexity index is 120. The maximum atomic E-state index is 2.33. The van der Waals surface area contributed by atoms with E-state index in [1.165, 1.54) is 69.2 Å². The Morgan fingerprint density at radius 1 is 0.786 bits per heavy atom. The molecule has 1 saturated heterocycles. The molecule has 0 amide bonds. The molecular weight excluding hydrogens is 238 g/mol. The third kappa shape index (κ3) is 4.31. The minimum absolute atomic E-state index is 0.